The Morgan fingerprint density at radius 1 is 1.50 bits per heavy atom. The van der Waals surface area contributed by atoms with Crippen LogP contribution in [0.5, 0.6) is 5.88 Å². The smallest absolute Gasteiger partial charge is 0.408 e. The van der Waals surface area contributed by atoms with Crippen molar-refractivity contribution in [3.8, 4) is 5.88 Å². The van der Waals surface area contributed by atoms with Crippen molar-refractivity contribution in [1.29, 1.82) is 0 Å². The maximum absolute atomic E-state index is 11.1. The summed E-state index contributed by atoms with van der Waals surface area (Å²) in [4.78, 5) is 16.5. The van der Waals surface area contributed by atoms with Crippen molar-refractivity contribution in [2.24, 2.45) is 0 Å². The van der Waals surface area contributed by atoms with E-state index in [2.05, 4.69) is 4.98 Å². The van der Waals surface area contributed by atoms with E-state index in [9.17, 15) is 9.90 Å². The van der Waals surface area contributed by atoms with E-state index in [0.717, 1.165) is 11.3 Å². The predicted octanol–water partition coefficient (Wildman–Crippen LogP) is 1.60. The largest absolute Gasteiger partial charge is 0.493 e. The van der Waals surface area contributed by atoms with Crippen LogP contribution in [0.2, 0.25) is 0 Å². The highest BCUT2D eigenvalue weighted by molar-refractivity contribution is 5.66. The summed E-state index contributed by atoms with van der Waals surface area (Å²) < 4.78 is 0. The standard InChI is InChI=1S/C11H14N2O3/c1-11(2)5-8-7(3-4-9(14)12-8)6-13(11)10(15)16/h3-4H,5-6H2,1-2H3,(H,12,14)(H,15,16). The molecule has 0 spiro atoms. The summed E-state index contributed by atoms with van der Waals surface area (Å²) in [6.45, 7) is 4.04. The fourth-order valence-corrected chi connectivity index (χ4v) is 2.03. The van der Waals surface area contributed by atoms with Gasteiger partial charge in [-0.3, -0.25) is 4.90 Å². The molecule has 1 aliphatic heterocycles. The number of nitrogens with zero attached hydrogens (tertiary/aromatic N) is 2. The van der Waals surface area contributed by atoms with E-state index in [1.165, 1.54) is 11.0 Å². The van der Waals surface area contributed by atoms with E-state index in [1.807, 2.05) is 13.8 Å². The Bertz CT molecular complexity index is 443. The van der Waals surface area contributed by atoms with Crippen LogP contribution in [-0.2, 0) is 13.0 Å². The molecular weight excluding hydrogens is 208 g/mol. The number of carboxylic acid groups (broad SMARTS) is 1. The molecule has 0 bridgehead atoms. The second-order valence-corrected chi connectivity index (χ2v) is 4.63. The Labute approximate surface area is 93.3 Å². The molecule has 0 saturated carbocycles. The Morgan fingerprint density at radius 2 is 2.19 bits per heavy atom. The van der Waals surface area contributed by atoms with Gasteiger partial charge in [0.05, 0.1) is 12.2 Å². The number of amides is 1. The summed E-state index contributed by atoms with van der Waals surface area (Å²) in [5.74, 6) is -0.0154. The molecule has 16 heavy (non-hydrogen) atoms. The molecule has 0 aliphatic carbocycles. The number of fused-ring (bicyclic) bond motifs is 1. The molecular formula is C11H14N2O3. The fraction of sp³-hybridized carbons (Fsp3) is 0.455. The average molecular weight is 222 g/mol. The lowest BCUT2D eigenvalue weighted by molar-refractivity contribution is 0.0789. The van der Waals surface area contributed by atoms with Crippen molar-refractivity contribution < 1.29 is 15.0 Å². The number of hydrogen-bond acceptors (Lipinski definition) is 3. The van der Waals surface area contributed by atoms with Crippen LogP contribution in [-0.4, -0.2) is 31.7 Å². The van der Waals surface area contributed by atoms with Gasteiger partial charge < -0.3 is 10.2 Å². The molecule has 2 rings (SSSR count). The van der Waals surface area contributed by atoms with Gasteiger partial charge in [-0.05, 0) is 19.4 Å². The first-order chi connectivity index (χ1) is 7.40. The van der Waals surface area contributed by atoms with Crippen molar-refractivity contribution in [2.45, 2.75) is 32.4 Å². The number of rotatable bonds is 0. The zero-order valence-electron chi connectivity index (χ0n) is 9.27. The maximum atomic E-state index is 11.1. The summed E-state index contributed by atoms with van der Waals surface area (Å²) in [6.07, 6.45) is -0.410. The molecule has 5 nitrogen and oxygen atoms in total. The Morgan fingerprint density at radius 3 is 2.81 bits per heavy atom. The second kappa shape index (κ2) is 3.37. The highest BCUT2D eigenvalue weighted by Gasteiger charge is 2.36. The van der Waals surface area contributed by atoms with E-state index in [1.54, 1.807) is 6.07 Å². The lowest BCUT2D eigenvalue weighted by Gasteiger charge is -2.40. The predicted molar refractivity (Wildman–Crippen MR) is 57.3 cm³/mol. The molecule has 1 aromatic rings. The van der Waals surface area contributed by atoms with Crippen molar-refractivity contribution in [2.75, 3.05) is 0 Å². The summed E-state index contributed by atoms with van der Waals surface area (Å²) >= 11 is 0. The maximum Gasteiger partial charge on any atom is 0.408 e. The third-order valence-corrected chi connectivity index (χ3v) is 2.94. The fourth-order valence-electron chi connectivity index (χ4n) is 2.03. The molecule has 0 atom stereocenters. The van der Waals surface area contributed by atoms with Crippen LogP contribution in [0.4, 0.5) is 4.79 Å². The molecule has 2 heterocycles. The van der Waals surface area contributed by atoms with Crippen molar-refractivity contribution in [1.82, 2.24) is 9.88 Å². The summed E-state index contributed by atoms with van der Waals surface area (Å²) in [5, 5.41) is 18.4. The first-order valence-electron chi connectivity index (χ1n) is 5.08. The highest BCUT2D eigenvalue weighted by atomic mass is 16.4. The molecule has 86 valence electrons. The zero-order valence-corrected chi connectivity index (χ0v) is 9.27. The third kappa shape index (κ3) is 1.68. The van der Waals surface area contributed by atoms with Gasteiger partial charge in [0.25, 0.3) is 0 Å². The first kappa shape index (κ1) is 10.7. The average Bonchev–Trinajstić information content (AvgIpc) is 2.14. The quantitative estimate of drug-likeness (QED) is 0.699. The Balaban J connectivity index is 2.42. The Hall–Kier alpha value is -1.78. The van der Waals surface area contributed by atoms with Gasteiger partial charge in [-0.15, -0.1) is 0 Å². The van der Waals surface area contributed by atoms with Crippen molar-refractivity contribution in [3.63, 3.8) is 0 Å². The minimum atomic E-state index is -0.927. The number of pyridine rings is 1. The van der Waals surface area contributed by atoms with Crippen LogP contribution in [0, 0.1) is 0 Å². The number of hydrogen-bond donors (Lipinski definition) is 2. The number of carbonyl (C=O) groups is 1. The lowest BCUT2D eigenvalue weighted by Crippen LogP contribution is -2.51. The van der Waals surface area contributed by atoms with E-state index in [-0.39, 0.29) is 5.88 Å². The first-order valence-corrected chi connectivity index (χ1v) is 5.08. The molecule has 5 heteroatoms. The Kier molecular flexibility index (Phi) is 2.26. The highest BCUT2D eigenvalue weighted by Crippen LogP contribution is 2.30. The van der Waals surface area contributed by atoms with Crippen LogP contribution in [0.25, 0.3) is 0 Å². The number of aromatic hydroxyl groups is 1. The summed E-state index contributed by atoms with van der Waals surface area (Å²) in [7, 11) is 0. The molecule has 0 aromatic carbocycles. The molecule has 1 amide bonds. The molecule has 0 unspecified atom stereocenters. The van der Waals surface area contributed by atoms with Gasteiger partial charge >= 0.3 is 6.09 Å². The molecule has 1 aromatic heterocycles. The van der Waals surface area contributed by atoms with Crippen molar-refractivity contribution >= 4 is 6.09 Å². The van der Waals surface area contributed by atoms with Gasteiger partial charge in [-0.25, -0.2) is 9.78 Å². The van der Waals surface area contributed by atoms with E-state index in [0.29, 0.717) is 13.0 Å². The van der Waals surface area contributed by atoms with Gasteiger partial charge in [0.2, 0.25) is 5.88 Å². The normalized spacial score (nSPS) is 18.0. The van der Waals surface area contributed by atoms with Crippen LogP contribution in [0.3, 0.4) is 0 Å². The van der Waals surface area contributed by atoms with Gasteiger partial charge in [-0.1, -0.05) is 6.07 Å². The van der Waals surface area contributed by atoms with E-state index < -0.39 is 11.6 Å². The minimum Gasteiger partial charge on any atom is -0.493 e. The summed E-state index contributed by atoms with van der Waals surface area (Å²) in [6, 6.07) is 3.21. The zero-order chi connectivity index (χ0) is 11.9. The van der Waals surface area contributed by atoms with Gasteiger partial charge in [0.15, 0.2) is 0 Å². The molecule has 1 aliphatic rings. The van der Waals surface area contributed by atoms with Gasteiger partial charge in [0, 0.05) is 18.0 Å². The van der Waals surface area contributed by atoms with Crippen LogP contribution in [0.15, 0.2) is 12.1 Å². The van der Waals surface area contributed by atoms with Gasteiger partial charge in [-0.2, -0.15) is 0 Å². The lowest BCUT2D eigenvalue weighted by atomic mass is 9.89. The topological polar surface area (TPSA) is 73.7 Å². The number of aromatic nitrogens is 1. The summed E-state index contributed by atoms with van der Waals surface area (Å²) in [5.41, 5.74) is 1.15. The van der Waals surface area contributed by atoms with Crippen molar-refractivity contribution in [3.05, 3.63) is 23.4 Å². The minimum absolute atomic E-state index is 0.0154. The van der Waals surface area contributed by atoms with E-state index in [4.69, 9.17) is 5.11 Å². The van der Waals surface area contributed by atoms with Gasteiger partial charge in [0.1, 0.15) is 0 Å². The second-order valence-electron chi connectivity index (χ2n) is 4.63. The molecule has 0 fully saturated rings. The SMILES string of the molecule is CC1(C)Cc2nc(O)ccc2CN1C(=O)O. The monoisotopic (exact) mass is 222 g/mol. The van der Waals surface area contributed by atoms with Crippen LogP contribution >= 0.6 is 0 Å². The van der Waals surface area contributed by atoms with Crippen LogP contribution < -0.4 is 0 Å². The third-order valence-electron chi connectivity index (χ3n) is 2.94. The molecule has 0 saturated heterocycles. The molecule has 0 radical (unpaired) electrons. The van der Waals surface area contributed by atoms with Crippen LogP contribution in [0.1, 0.15) is 25.1 Å². The molecule has 2 N–H and O–H groups in total. The van der Waals surface area contributed by atoms with E-state index >= 15 is 0 Å².